The van der Waals surface area contributed by atoms with Gasteiger partial charge in [-0.15, -0.1) is 13.2 Å². The van der Waals surface area contributed by atoms with Crippen molar-refractivity contribution in [3.8, 4) is 11.5 Å². The normalized spacial score (nSPS) is 16.1. The number of hydrogen-bond donors (Lipinski definition) is 3. The van der Waals surface area contributed by atoms with E-state index >= 15 is 0 Å². The molecular weight excluding hydrogens is 453 g/mol. The molecule has 1 aliphatic rings. The predicted molar refractivity (Wildman–Crippen MR) is 121 cm³/mol. The van der Waals surface area contributed by atoms with Gasteiger partial charge in [0.15, 0.2) is 0 Å². The van der Waals surface area contributed by atoms with Crippen molar-refractivity contribution in [2.75, 3.05) is 37.4 Å². The summed E-state index contributed by atoms with van der Waals surface area (Å²) in [4.78, 5) is 27.3. The zero-order valence-electron chi connectivity index (χ0n) is 18.9. The van der Waals surface area contributed by atoms with Crippen LogP contribution in [0.4, 0.5) is 29.3 Å². The molecule has 1 heterocycles. The number of halogens is 3. The van der Waals surface area contributed by atoms with Crippen LogP contribution in [0.3, 0.4) is 0 Å². The molecule has 0 aromatic heterocycles. The first-order valence-corrected chi connectivity index (χ1v) is 10.8. The van der Waals surface area contributed by atoms with Crippen molar-refractivity contribution in [2.24, 2.45) is 0 Å². The van der Waals surface area contributed by atoms with Gasteiger partial charge in [0, 0.05) is 30.0 Å². The van der Waals surface area contributed by atoms with E-state index in [-0.39, 0.29) is 11.6 Å². The van der Waals surface area contributed by atoms with Gasteiger partial charge in [-0.25, -0.2) is 4.79 Å². The number of alkyl halides is 3. The van der Waals surface area contributed by atoms with E-state index in [1.54, 1.807) is 12.1 Å². The van der Waals surface area contributed by atoms with E-state index in [2.05, 4.69) is 32.5 Å². The Balaban J connectivity index is 1.57. The molecule has 3 N–H and O–H groups in total. The molecule has 11 heteroatoms. The number of benzene rings is 2. The average molecular weight is 480 g/mol. The highest BCUT2D eigenvalue weighted by Crippen LogP contribution is 2.25. The van der Waals surface area contributed by atoms with Crippen molar-refractivity contribution in [1.82, 2.24) is 10.2 Å². The maximum absolute atomic E-state index is 12.7. The minimum Gasteiger partial charge on any atom is -0.496 e. The third-order valence-corrected chi connectivity index (χ3v) is 5.45. The maximum atomic E-state index is 12.7. The number of amides is 3. The Morgan fingerprint density at radius 3 is 2.41 bits per heavy atom. The summed E-state index contributed by atoms with van der Waals surface area (Å²) >= 11 is 0. The highest BCUT2D eigenvalue weighted by Gasteiger charge is 2.31. The van der Waals surface area contributed by atoms with Crippen LogP contribution < -0.4 is 25.4 Å². The highest BCUT2D eigenvalue weighted by molar-refractivity contribution is 6.01. The van der Waals surface area contributed by atoms with Crippen molar-refractivity contribution >= 4 is 23.3 Å². The molecule has 2 aromatic rings. The molecule has 8 nitrogen and oxygen atoms in total. The van der Waals surface area contributed by atoms with Crippen molar-refractivity contribution in [3.63, 3.8) is 0 Å². The summed E-state index contributed by atoms with van der Waals surface area (Å²) in [5.41, 5.74) is 0.980. The van der Waals surface area contributed by atoms with Crippen molar-refractivity contribution < 1.29 is 32.2 Å². The number of carbonyl (C=O) groups excluding carboxylic acids is 2. The van der Waals surface area contributed by atoms with Gasteiger partial charge < -0.3 is 25.4 Å². The molecule has 1 unspecified atom stereocenters. The van der Waals surface area contributed by atoms with Gasteiger partial charge in [0.2, 0.25) is 0 Å². The van der Waals surface area contributed by atoms with Crippen LogP contribution in [0.1, 0.15) is 30.1 Å². The van der Waals surface area contributed by atoms with Crippen molar-refractivity contribution in [1.29, 1.82) is 0 Å². The molecule has 3 amide bonds. The van der Waals surface area contributed by atoms with Crippen LogP contribution >= 0.6 is 0 Å². The summed E-state index contributed by atoms with van der Waals surface area (Å²) in [5.74, 6) is -0.368. The number of likely N-dealkylation sites (N-methyl/N-ethyl adjacent to an activating group) is 1. The highest BCUT2D eigenvalue weighted by atomic mass is 19.4. The van der Waals surface area contributed by atoms with Crippen LogP contribution in [0, 0.1) is 0 Å². The molecule has 0 bridgehead atoms. The lowest BCUT2D eigenvalue weighted by atomic mass is 10.1. The van der Waals surface area contributed by atoms with Gasteiger partial charge >= 0.3 is 12.4 Å². The van der Waals surface area contributed by atoms with E-state index in [0.29, 0.717) is 29.6 Å². The summed E-state index contributed by atoms with van der Waals surface area (Å²) in [5, 5.41) is 8.05. The lowest BCUT2D eigenvalue weighted by molar-refractivity contribution is -0.274. The van der Waals surface area contributed by atoms with Crippen LogP contribution in [0.5, 0.6) is 11.5 Å². The van der Waals surface area contributed by atoms with Crippen LogP contribution in [0.15, 0.2) is 42.5 Å². The zero-order chi connectivity index (χ0) is 24.7. The Labute approximate surface area is 195 Å². The second kappa shape index (κ2) is 11.1. The number of urea groups is 1. The third kappa shape index (κ3) is 7.01. The molecule has 0 saturated carbocycles. The standard InChI is InChI=1S/C23H27F3N4O4/c1-3-30-12-4-5-17(30)14-27-21(31)19-11-8-16(13-20(19)33-2)29-22(32)28-15-6-9-18(10-7-15)34-23(24,25)26/h6-11,13,17H,3-5,12,14H2,1-2H3,(H,27,31)(H2,28,29,32). The lowest BCUT2D eigenvalue weighted by Gasteiger charge is -2.23. The van der Waals surface area contributed by atoms with Crippen LogP contribution in [-0.2, 0) is 0 Å². The minimum atomic E-state index is -4.79. The molecule has 0 spiro atoms. The van der Waals surface area contributed by atoms with E-state index in [1.807, 2.05) is 0 Å². The van der Waals surface area contributed by atoms with Gasteiger partial charge in [0.05, 0.1) is 12.7 Å². The fourth-order valence-corrected chi connectivity index (χ4v) is 3.84. The molecule has 0 aliphatic carbocycles. The SMILES string of the molecule is CCN1CCCC1CNC(=O)c1ccc(NC(=O)Nc2ccc(OC(F)(F)F)cc2)cc1OC. The third-order valence-electron chi connectivity index (χ3n) is 5.45. The fraction of sp³-hybridized carbons (Fsp3) is 0.391. The Hall–Kier alpha value is -3.47. The van der Waals surface area contributed by atoms with Gasteiger partial charge in [0.1, 0.15) is 11.5 Å². The summed E-state index contributed by atoms with van der Waals surface area (Å²) in [6.07, 6.45) is -2.63. The first kappa shape index (κ1) is 25.2. The smallest absolute Gasteiger partial charge is 0.496 e. The molecule has 3 rings (SSSR count). The zero-order valence-corrected chi connectivity index (χ0v) is 18.9. The molecule has 1 saturated heterocycles. The number of methoxy groups -OCH3 is 1. The monoisotopic (exact) mass is 480 g/mol. The molecule has 34 heavy (non-hydrogen) atoms. The second-order valence-electron chi connectivity index (χ2n) is 7.70. The summed E-state index contributed by atoms with van der Waals surface area (Å²) in [7, 11) is 1.43. The van der Waals surface area contributed by atoms with E-state index in [1.165, 1.54) is 25.3 Å². The first-order chi connectivity index (χ1) is 16.2. The van der Waals surface area contributed by atoms with E-state index in [0.717, 1.165) is 38.1 Å². The molecule has 0 radical (unpaired) electrons. The topological polar surface area (TPSA) is 91.9 Å². The van der Waals surface area contributed by atoms with E-state index in [4.69, 9.17) is 4.74 Å². The average Bonchev–Trinajstić information content (AvgIpc) is 3.25. The molecule has 2 aromatic carbocycles. The number of nitrogens with one attached hydrogen (secondary N) is 3. The number of hydrogen-bond acceptors (Lipinski definition) is 5. The largest absolute Gasteiger partial charge is 0.573 e. The lowest BCUT2D eigenvalue weighted by Crippen LogP contribution is -2.40. The van der Waals surface area contributed by atoms with Gasteiger partial charge in [-0.1, -0.05) is 6.92 Å². The molecule has 1 atom stereocenters. The Bertz CT molecular complexity index is 999. The Kier molecular flexibility index (Phi) is 8.21. The molecule has 184 valence electrons. The van der Waals surface area contributed by atoms with Gasteiger partial charge in [0.25, 0.3) is 5.91 Å². The van der Waals surface area contributed by atoms with Crippen LogP contribution in [0.25, 0.3) is 0 Å². The quantitative estimate of drug-likeness (QED) is 0.519. The van der Waals surface area contributed by atoms with Gasteiger partial charge in [-0.2, -0.15) is 0 Å². The molecule has 1 fully saturated rings. The fourth-order valence-electron chi connectivity index (χ4n) is 3.84. The van der Waals surface area contributed by atoms with Crippen molar-refractivity contribution in [3.05, 3.63) is 48.0 Å². The molecular formula is C23H27F3N4O4. The minimum absolute atomic E-state index is 0.267. The van der Waals surface area contributed by atoms with Crippen molar-refractivity contribution in [2.45, 2.75) is 32.2 Å². The number of carbonyl (C=O) groups is 2. The van der Waals surface area contributed by atoms with Gasteiger partial charge in [-0.05, 0) is 62.3 Å². The Morgan fingerprint density at radius 1 is 1.09 bits per heavy atom. The number of ether oxygens (including phenoxy) is 2. The number of nitrogens with zero attached hydrogens (tertiary/aromatic N) is 1. The maximum Gasteiger partial charge on any atom is 0.573 e. The first-order valence-electron chi connectivity index (χ1n) is 10.8. The van der Waals surface area contributed by atoms with E-state index < -0.39 is 18.1 Å². The molecule has 1 aliphatic heterocycles. The predicted octanol–water partition coefficient (Wildman–Crippen LogP) is 4.45. The number of anilines is 2. The second-order valence-corrected chi connectivity index (χ2v) is 7.70. The van der Waals surface area contributed by atoms with Crippen LogP contribution in [0.2, 0.25) is 0 Å². The summed E-state index contributed by atoms with van der Waals surface area (Å²) in [6.45, 7) is 4.62. The summed E-state index contributed by atoms with van der Waals surface area (Å²) in [6, 6.07) is 9.06. The Morgan fingerprint density at radius 2 is 1.76 bits per heavy atom. The van der Waals surface area contributed by atoms with Crippen LogP contribution in [-0.4, -0.2) is 56.0 Å². The van der Waals surface area contributed by atoms with E-state index in [9.17, 15) is 22.8 Å². The number of likely N-dealkylation sites (tertiary alicyclic amines) is 1. The van der Waals surface area contributed by atoms with Gasteiger partial charge in [-0.3, -0.25) is 9.69 Å². The number of rotatable bonds is 8. The summed E-state index contributed by atoms with van der Waals surface area (Å²) < 4.78 is 45.8.